The molecule has 1 atom stereocenters. The number of hydrogen-bond donors (Lipinski definition) is 1. The molecule has 1 N–H and O–H groups in total. The Morgan fingerprint density at radius 2 is 1.80 bits per heavy atom. The maximum atomic E-state index is 10.9. The van der Waals surface area contributed by atoms with E-state index in [9.17, 15) is 4.79 Å². The molecule has 0 radical (unpaired) electrons. The second-order valence-corrected chi connectivity index (χ2v) is 4.31. The Balaban J connectivity index is 1.84. The summed E-state index contributed by atoms with van der Waals surface area (Å²) < 4.78 is 16.4. The first-order chi connectivity index (χ1) is 9.67. The SMILES string of the molecule is COc1ccc(C2Oc3ccc(C(=O)O)cc3O2)cc1. The molecule has 0 saturated heterocycles. The van der Waals surface area contributed by atoms with Gasteiger partial charge in [-0.1, -0.05) is 0 Å². The Bertz CT molecular complexity index is 648. The highest BCUT2D eigenvalue weighted by Gasteiger charge is 2.26. The fraction of sp³-hybridized carbons (Fsp3) is 0.133. The molecule has 0 fully saturated rings. The van der Waals surface area contributed by atoms with E-state index in [1.807, 2.05) is 24.3 Å². The second kappa shape index (κ2) is 4.77. The van der Waals surface area contributed by atoms with Crippen LogP contribution in [0.2, 0.25) is 0 Å². The monoisotopic (exact) mass is 272 g/mol. The zero-order valence-electron chi connectivity index (χ0n) is 10.7. The smallest absolute Gasteiger partial charge is 0.335 e. The van der Waals surface area contributed by atoms with E-state index < -0.39 is 12.3 Å². The number of benzene rings is 2. The number of hydrogen-bond acceptors (Lipinski definition) is 4. The van der Waals surface area contributed by atoms with Crippen molar-refractivity contribution in [3.05, 3.63) is 53.6 Å². The predicted octanol–water partition coefficient (Wildman–Crippen LogP) is 2.86. The van der Waals surface area contributed by atoms with Crippen molar-refractivity contribution in [3.8, 4) is 17.2 Å². The number of carboxylic acid groups (broad SMARTS) is 1. The van der Waals surface area contributed by atoms with Crippen LogP contribution in [0.25, 0.3) is 0 Å². The standard InChI is InChI=1S/C15H12O5/c1-18-11-5-2-9(3-6-11)15-19-12-7-4-10(14(16)17)8-13(12)20-15/h2-8,15H,1H3,(H,16,17). The van der Waals surface area contributed by atoms with E-state index in [4.69, 9.17) is 19.3 Å². The molecular formula is C15H12O5. The van der Waals surface area contributed by atoms with Gasteiger partial charge in [0.25, 0.3) is 6.29 Å². The average Bonchev–Trinajstić information content (AvgIpc) is 2.90. The van der Waals surface area contributed by atoms with Gasteiger partial charge < -0.3 is 19.3 Å². The number of carbonyl (C=O) groups is 1. The zero-order chi connectivity index (χ0) is 14.1. The molecule has 2 aromatic carbocycles. The Kier molecular flexibility index (Phi) is 2.95. The maximum absolute atomic E-state index is 10.9. The molecule has 0 spiro atoms. The third kappa shape index (κ3) is 2.14. The van der Waals surface area contributed by atoms with Gasteiger partial charge in [0.1, 0.15) is 5.75 Å². The van der Waals surface area contributed by atoms with Gasteiger partial charge in [0.2, 0.25) is 0 Å². The summed E-state index contributed by atoms with van der Waals surface area (Å²) in [5, 5.41) is 8.95. The highest BCUT2D eigenvalue weighted by molar-refractivity contribution is 5.88. The van der Waals surface area contributed by atoms with E-state index >= 15 is 0 Å². The van der Waals surface area contributed by atoms with E-state index in [2.05, 4.69) is 0 Å². The van der Waals surface area contributed by atoms with Crippen molar-refractivity contribution < 1.29 is 24.1 Å². The summed E-state index contributed by atoms with van der Waals surface area (Å²) in [4.78, 5) is 10.9. The lowest BCUT2D eigenvalue weighted by Crippen LogP contribution is -2.07. The zero-order valence-corrected chi connectivity index (χ0v) is 10.7. The number of methoxy groups -OCH3 is 1. The van der Waals surface area contributed by atoms with E-state index in [0.29, 0.717) is 11.5 Å². The largest absolute Gasteiger partial charge is 0.497 e. The number of rotatable bonds is 3. The third-order valence-electron chi connectivity index (χ3n) is 3.05. The van der Waals surface area contributed by atoms with Crippen molar-refractivity contribution in [1.82, 2.24) is 0 Å². The molecule has 1 aliphatic rings. The van der Waals surface area contributed by atoms with E-state index in [1.165, 1.54) is 12.1 Å². The summed E-state index contributed by atoms with van der Waals surface area (Å²) in [6.07, 6.45) is -0.569. The lowest BCUT2D eigenvalue weighted by molar-refractivity contribution is 0.0485. The van der Waals surface area contributed by atoms with Crippen LogP contribution in [0.3, 0.4) is 0 Å². The minimum absolute atomic E-state index is 0.169. The van der Waals surface area contributed by atoms with Gasteiger partial charge in [-0.25, -0.2) is 4.79 Å². The van der Waals surface area contributed by atoms with E-state index in [1.54, 1.807) is 13.2 Å². The molecule has 0 bridgehead atoms. The first-order valence-corrected chi connectivity index (χ1v) is 6.02. The molecule has 20 heavy (non-hydrogen) atoms. The van der Waals surface area contributed by atoms with Crippen molar-refractivity contribution in [3.63, 3.8) is 0 Å². The van der Waals surface area contributed by atoms with Crippen molar-refractivity contribution in [2.24, 2.45) is 0 Å². The lowest BCUT2D eigenvalue weighted by Gasteiger charge is -2.10. The molecule has 0 saturated carbocycles. The number of ether oxygens (including phenoxy) is 3. The van der Waals surface area contributed by atoms with Crippen molar-refractivity contribution in [2.75, 3.05) is 7.11 Å². The summed E-state index contributed by atoms with van der Waals surface area (Å²) in [5.74, 6) is 0.725. The van der Waals surface area contributed by atoms with E-state index in [-0.39, 0.29) is 5.56 Å². The molecular weight excluding hydrogens is 260 g/mol. The normalized spacial score (nSPS) is 15.9. The summed E-state index contributed by atoms with van der Waals surface area (Å²) in [6, 6.07) is 11.9. The van der Waals surface area contributed by atoms with Crippen molar-refractivity contribution in [1.29, 1.82) is 0 Å². The van der Waals surface area contributed by atoms with Crippen LogP contribution < -0.4 is 14.2 Å². The summed E-state index contributed by atoms with van der Waals surface area (Å²) in [7, 11) is 1.60. The summed E-state index contributed by atoms with van der Waals surface area (Å²) >= 11 is 0. The minimum atomic E-state index is -0.996. The Labute approximate surface area is 115 Å². The predicted molar refractivity (Wildman–Crippen MR) is 70.4 cm³/mol. The third-order valence-corrected chi connectivity index (χ3v) is 3.05. The first-order valence-electron chi connectivity index (χ1n) is 6.02. The molecule has 0 aromatic heterocycles. The fourth-order valence-corrected chi connectivity index (χ4v) is 1.98. The Morgan fingerprint density at radius 1 is 1.10 bits per heavy atom. The van der Waals surface area contributed by atoms with Gasteiger partial charge >= 0.3 is 5.97 Å². The van der Waals surface area contributed by atoms with Crippen LogP contribution >= 0.6 is 0 Å². The Hall–Kier alpha value is -2.69. The fourth-order valence-electron chi connectivity index (χ4n) is 1.98. The average molecular weight is 272 g/mol. The van der Waals surface area contributed by atoms with Crippen LogP contribution in [-0.4, -0.2) is 18.2 Å². The van der Waals surface area contributed by atoms with Crippen molar-refractivity contribution >= 4 is 5.97 Å². The molecule has 1 heterocycles. The lowest BCUT2D eigenvalue weighted by atomic mass is 10.2. The minimum Gasteiger partial charge on any atom is -0.497 e. The van der Waals surface area contributed by atoms with Crippen LogP contribution in [-0.2, 0) is 0 Å². The van der Waals surface area contributed by atoms with Crippen LogP contribution in [0.4, 0.5) is 0 Å². The quantitative estimate of drug-likeness (QED) is 0.930. The summed E-state index contributed by atoms with van der Waals surface area (Å²) in [6.45, 7) is 0. The van der Waals surface area contributed by atoms with Crippen LogP contribution in [0.1, 0.15) is 22.2 Å². The molecule has 1 aliphatic heterocycles. The molecule has 5 nitrogen and oxygen atoms in total. The van der Waals surface area contributed by atoms with Crippen LogP contribution in [0.15, 0.2) is 42.5 Å². The van der Waals surface area contributed by atoms with Crippen molar-refractivity contribution in [2.45, 2.75) is 6.29 Å². The topological polar surface area (TPSA) is 65.0 Å². The van der Waals surface area contributed by atoms with Crippen LogP contribution in [0, 0.1) is 0 Å². The molecule has 102 valence electrons. The molecule has 0 amide bonds. The van der Waals surface area contributed by atoms with Crippen LogP contribution in [0.5, 0.6) is 17.2 Å². The molecule has 0 aliphatic carbocycles. The number of fused-ring (bicyclic) bond motifs is 1. The van der Waals surface area contributed by atoms with Gasteiger partial charge in [0.15, 0.2) is 11.5 Å². The molecule has 2 aromatic rings. The van der Waals surface area contributed by atoms with E-state index in [0.717, 1.165) is 11.3 Å². The molecule has 1 unspecified atom stereocenters. The molecule has 5 heteroatoms. The van der Waals surface area contributed by atoms with Gasteiger partial charge in [-0.2, -0.15) is 0 Å². The van der Waals surface area contributed by atoms with Gasteiger partial charge in [0.05, 0.1) is 12.7 Å². The number of aromatic carboxylic acids is 1. The van der Waals surface area contributed by atoms with Gasteiger partial charge in [-0.15, -0.1) is 0 Å². The first kappa shape index (κ1) is 12.3. The van der Waals surface area contributed by atoms with Gasteiger partial charge in [-0.3, -0.25) is 0 Å². The highest BCUT2D eigenvalue weighted by Crippen LogP contribution is 2.41. The van der Waals surface area contributed by atoms with Gasteiger partial charge in [-0.05, 0) is 42.5 Å². The number of carboxylic acids is 1. The highest BCUT2D eigenvalue weighted by atomic mass is 16.7. The van der Waals surface area contributed by atoms with Gasteiger partial charge in [0, 0.05) is 5.56 Å². The second-order valence-electron chi connectivity index (χ2n) is 4.31. The Morgan fingerprint density at radius 3 is 2.45 bits per heavy atom. The maximum Gasteiger partial charge on any atom is 0.335 e. The summed E-state index contributed by atoms with van der Waals surface area (Å²) in [5.41, 5.74) is 1.00. The molecule has 3 rings (SSSR count).